The third-order valence-electron chi connectivity index (χ3n) is 1.73. The van der Waals surface area contributed by atoms with Crippen molar-refractivity contribution in [2.24, 2.45) is 0 Å². The molecular formula is C7F12O2S4. The van der Waals surface area contributed by atoms with E-state index in [-0.39, 0.29) is 0 Å². The largest absolute Gasteiger partial charge is 0.452 e. The lowest BCUT2D eigenvalue weighted by Gasteiger charge is -2.30. The van der Waals surface area contributed by atoms with E-state index in [1.165, 1.54) is 0 Å². The van der Waals surface area contributed by atoms with E-state index in [0.717, 1.165) is 0 Å². The lowest BCUT2D eigenvalue weighted by Crippen LogP contribution is -2.59. The van der Waals surface area contributed by atoms with E-state index in [1.54, 1.807) is 0 Å². The minimum Gasteiger partial charge on any atom is -0.279 e. The molecule has 0 aromatic heterocycles. The Labute approximate surface area is 145 Å². The molecule has 0 atom stereocenters. The number of carbonyl (C=O) groups excluding carboxylic acids is 2. The van der Waals surface area contributed by atoms with Gasteiger partial charge in [0.25, 0.3) is 10.2 Å². The standard InChI is InChI=1S/C7F12O2S4/c8-3(9,1(20)22-24-6(14,15)16)5(12,13)4(10,11)2(21)23-25-7(17,18)19. The molecule has 0 aliphatic heterocycles. The van der Waals surface area contributed by atoms with Crippen molar-refractivity contribution in [3.63, 3.8) is 0 Å². The summed E-state index contributed by atoms with van der Waals surface area (Å²) in [4.78, 5) is 21.4. The van der Waals surface area contributed by atoms with Crippen LogP contribution in [0.25, 0.3) is 0 Å². The Morgan fingerprint density at radius 1 is 0.520 bits per heavy atom. The Bertz CT molecular complexity index is 469. The summed E-state index contributed by atoms with van der Waals surface area (Å²) in [5.74, 6) is -19.9. The molecule has 0 spiro atoms. The Balaban J connectivity index is 5.39. The molecule has 0 saturated heterocycles. The summed E-state index contributed by atoms with van der Waals surface area (Å²) in [5.41, 5.74) is -10.7. The van der Waals surface area contributed by atoms with E-state index in [2.05, 4.69) is 0 Å². The number of alkyl halides is 12. The van der Waals surface area contributed by atoms with Gasteiger partial charge in [0.2, 0.25) is 0 Å². The van der Waals surface area contributed by atoms with Gasteiger partial charge in [-0.1, -0.05) is 0 Å². The summed E-state index contributed by atoms with van der Waals surface area (Å²) in [5, 5.41) is -6.75. The highest BCUT2D eigenvalue weighted by molar-refractivity contribution is 8.82. The Kier molecular flexibility index (Phi) is 7.84. The molecule has 0 N–H and O–H groups in total. The fraction of sp³-hybridized carbons (Fsp3) is 0.714. The zero-order chi connectivity index (χ0) is 20.5. The molecule has 0 aromatic carbocycles. The molecule has 0 aliphatic carbocycles. The lowest BCUT2D eigenvalue weighted by atomic mass is 10.1. The molecule has 2 nitrogen and oxygen atoms in total. The SMILES string of the molecule is O=C(SSC(F)(F)F)C(F)(F)C(F)(F)C(F)(F)C(=O)SSC(F)(F)F. The lowest BCUT2D eigenvalue weighted by molar-refractivity contribution is -0.279. The van der Waals surface area contributed by atoms with Crippen LogP contribution in [0.3, 0.4) is 0 Å². The maximum Gasteiger partial charge on any atom is 0.452 e. The first-order valence-corrected chi connectivity index (χ1v) is 9.13. The van der Waals surface area contributed by atoms with Crippen molar-refractivity contribution in [3.8, 4) is 0 Å². The molecular weight excluding hydrogens is 472 g/mol. The molecule has 0 heterocycles. The number of hydrogen-bond acceptors (Lipinski definition) is 6. The number of hydrogen-bond donors (Lipinski definition) is 0. The van der Waals surface area contributed by atoms with E-state index >= 15 is 0 Å². The quantitative estimate of drug-likeness (QED) is 0.362. The van der Waals surface area contributed by atoms with Crippen molar-refractivity contribution in [1.29, 1.82) is 0 Å². The number of rotatable bonds is 6. The van der Waals surface area contributed by atoms with Crippen molar-refractivity contribution in [2.75, 3.05) is 0 Å². The highest BCUT2D eigenvalue weighted by Crippen LogP contribution is 2.53. The van der Waals surface area contributed by atoms with Crippen molar-refractivity contribution >= 4 is 53.4 Å². The fourth-order valence-corrected chi connectivity index (χ4v) is 3.18. The van der Waals surface area contributed by atoms with Gasteiger partial charge in [-0.3, -0.25) is 9.59 Å². The van der Waals surface area contributed by atoms with Crippen LogP contribution >= 0.6 is 43.2 Å². The number of carbonyl (C=O) groups is 2. The predicted octanol–water partition coefficient (Wildman–Crippen LogP) is 5.75. The molecule has 0 amide bonds. The Hall–Kier alpha value is -0.100. The van der Waals surface area contributed by atoms with Gasteiger partial charge in [-0.05, 0) is 21.6 Å². The van der Waals surface area contributed by atoms with Crippen LogP contribution in [0, 0.1) is 0 Å². The second-order valence-electron chi connectivity index (χ2n) is 3.52. The van der Waals surface area contributed by atoms with E-state index in [0.29, 0.717) is 0 Å². The zero-order valence-electron chi connectivity index (χ0n) is 10.5. The van der Waals surface area contributed by atoms with E-state index in [1.807, 2.05) is 0 Å². The second-order valence-corrected chi connectivity index (χ2v) is 7.86. The molecule has 0 aromatic rings. The first kappa shape index (κ1) is 24.9. The summed E-state index contributed by atoms with van der Waals surface area (Å²) < 4.78 is 149. The second kappa shape index (κ2) is 7.87. The van der Waals surface area contributed by atoms with Crippen molar-refractivity contribution in [2.45, 2.75) is 28.8 Å². The van der Waals surface area contributed by atoms with Crippen LogP contribution < -0.4 is 0 Å². The Morgan fingerprint density at radius 2 is 0.760 bits per heavy atom. The predicted molar refractivity (Wildman–Crippen MR) is 67.3 cm³/mol. The van der Waals surface area contributed by atoms with E-state index in [9.17, 15) is 62.3 Å². The van der Waals surface area contributed by atoms with Crippen LogP contribution in [0.4, 0.5) is 52.7 Å². The maximum atomic E-state index is 13.2. The fourth-order valence-electron chi connectivity index (χ4n) is 0.728. The molecule has 0 bridgehead atoms. The van der Waals surface area contributed by atoms with Gasteiger partial charge in [0.1, 0.15) is 0 Å². The van der Waals surface area contributed by atoms with Gasteiger partial charge in [0, 0.05) is 21.6 Å². The number of halogens is 12. The van der Waals surface area contributed by atoms with Gasteiger partial charge in [-0.15, -0.1) is 0 Å². The average molecular weight is 472 g/mol. The third-order valence-corrected chi connectivity index (χ3v) is 5.63. The van der Waals surface area contributed by atoms with Crippen molar-refractivity contribution in [1.82, 2.24) is 0 Å². The van der Waals surface area contributed by atoms with Crippen molar-refractivity contribution in [3.05, 3.63) is 0 Å². The van der Waals surface area contributed by atoms with Gasteiger partial charge in [-0.25, -0.2) is 0 Å². The summed E-state index contributed by atoms with van der Waals surface area (Å²) in [6.45, 7) is 0. The van der Waals surface area contributed by atoms with Crippen LogP contribution in [0.15, 0.2) is 0 Å². The zero-order valence-corrected chi connectivity index (χ0v) is 13.8. The molecule has 148 valence electrons. The van der Waals surface area contributed by atoms with Crippen molar-refractivity contribution < 1.29 is 62.3 Å². The van der Waals surface area contributed by atoms with Gasteiger partial charge in [0.05, 0.1) is 0 Å². The first-order chi connectivity index (χ1) is 10.8. The molecule has 25 heavy (non-hydrogen) atoms. The molecule has 0 fully saturated rings. The van der Waals surface area contributed by atoms with Crippen LogP contribution in [0.1, 0.15) is 0 Å². The van der Waals surface area contributed by atoms with Crippen LogP contribution in [-0.2, 0) is 9.59 Å². The third kappa shape index (κ3) is 6.53. The summed E-state index contributed by atoms with van der Waals surface area (Å²) in [6.07, 6.45) is 0. The molecule has 0 unspecified atom stereocenters. The molecule has 0 aliphatic rings. The summed E-state index contributed by atoms with van der Waals surface area (Å²) >= 11 is 0. The smallest absolute Gasteiger partial charge is 0.279 e. The summed E-state index contributed by atoms with van der Waals surface area (Å²) in [6, 6.07) is 0. The summed E-state index contributed by atoms with van der Waals surface area (Å²) in [7, 11) is -6.34. The highest BCUT2D eigenvalue weighted by Gasteiger charge is 2.78. The average Bonchev–Trinajstić information content (AvgIpc) is 2.39. The highest BCUT2D eigenvalue weighted by atomic mass is 33.1. The van der Waals surface area contributed by atoms with E-state index in [4.69, 9.17) is 0 Å². The van der Waals surface area contributed by atoms with Crippen LogP contribution in [0.2, 0.25) is 0 Å². The molecule has 18 heteroatoms. The molecule has 0 saturated carbocycles. The Morgan fingerprint density at radius 3 is 0.960 bits per heavy atom. The van der Waals surface area contributed by atoms with E-state index < -0.39 is 82.2 Å². The minimum absolute atomic E-state index is 1.55. The van der Waals surface area contributed by atoms with Crippen LogP contribution in [-0.4, -0.2) is 39.0 Å². The van der Waals surface area contributed by atoms with Gasteiger partial charge >= 0.3 is 28.8 Å². The van der Waals surface area contributed by atoms with Crippen LogP contribution in [0.5, 0.6) is 0 Å². The first-order valence-electron chi connectivity index (χ1n) is 4.83. The van der Waals surface area contributed by atoms with Gasteiger partial charge < -0.3 is 0 Å². The van der Waals surface area contributed by atoms with Gasteiger partial charge in [0.15, 0.2) is 0 Å². The normalized spacial score (nSPS) is 14.6. The minimum atomic E-state index is -6.88. The molecule has 0 rings (SSSR count). The topological polar surface area (TPSA) is 34.1 Å². The maximum absolute atomic E-state index is 13.2. The monoisotopic (exact) mass is 472 g/mol. The molecule has 0 radical (unpaired) electrons. The van der Waals surface area contributed by atoms with Gasteiger partial charge in [-0.2, -0.15) is 52.7 Å².